The van der Waals surface area contributed by atoms with E-state index in [1.807, 2.05) is 38.1 Å². The number of hydrogen-bond donors (Lipinski definition) is 1. The van der Waals surface area contributed by atoms with E-state index in [-0.39, 0.29) is 5.97 Å². The SMILES string of the molecule is CCCCSc1nc2n(n1)C(c1ccccc1OCc1ccc(C)cc1)C(C(=O)OCCC)=C(C)N2. The number of aryl methyl sites for hydroxylation is 1. The molecule has 7 nitrogen and oxygen atoms in total. The van der Waals surface area contributed by atoms with Crippen LogP contribution in [0.25, 0.3) is 0 Å². The molecule has 1 aromatic heterocycles. The number of ether oxygens (including phenoxy) is 2. The number of nitrogens with one attached hydrogen (secondary N) is 1. The molecule has 0 spiro atoms. The van der Waals surface area contributed by atoms with Crippen molar-refractivity contribution in [3.05, 3.63) is 76.5 Å². The number of fused-ring (bicyclic) bond motifs is 1. The van der Waals surface area contributed by atoms with Gasteiger partial charge in [0.25, 0.3) is 0 Å². The molecule has 3 aromatic rings. The highest BCUT2D eigenvalue weighted by Crippen LogP contribution is 2.40. The zero-order chi connectivity index (χ0) is 25.5. The quantitative estimate of drug-likeness (QED) is 0.186. The van der Waals surface area contributed by atoms with Crippen molar-refractivity contribution in [2.75, 3.05) is 17.7 Å². The van der Waals surface area contributed by atoms with Crippen LogP contribution in [0.1, 0.15) is 62.8 Å². The van der Waals surface area contributed by atoms with Gasteiger partial charge in [-0.3, -0.25) is 0 Å². The van der Waals surface area contributed by atoms with Crippen molar-refractivity contribution >= 4 is 23.7 Å². The van der Waals surface area contributed by atoms with Gasteiger partial charge in [0.1, 0.15) is 18.4 Å². The van der Waals surface area contributed by atoms with Crippen LogP contribution in [-0.4, -0.2) is 33.1 Å². The zero-order valence-electron chi connectivity index (χ0n) is 21.4. The first-order valence-electron chi connectivity index (χ1n) is 12.5. The van der Waals surface area contributed by atoms with Crippen LogP contribution < -0.4 is 10.1 Å². The third kappa shape index (κ3) is 5.93. The molecule has 1 unspecified atom stereocenters. The maximum absolute atomic E-state index is 13.3. The van der Waals surface area contributed by atoms with E-state index >= 15 is 0 Å². The molecule has 4 rings (SSSR count). The van der Waals surface area contributed by atoms with Crippen LogP contribution in [0, 0.1) is 6.92 Å². The number of nitrogens with zero attached hydrogens (tertiary/aromatic N) is 3. The minimum absolute atomic E-state index is 0.357. The molecule has 8 heteroatoms. The second-order valence-electron chi connectivity index (χ2n) is 8.88. The van der Waals surface area contributed by atoms with Crippen molar-refractivity contribution in [2.24, 2.45) is 0 Å². The van der Waals surface area contributed by atoms with Crippen LogP contribution in [0.2, 0.25) is 0 Å². The molecule has 0 amide bonds. The highest BCUT2D eigenvalue weighted by atomic mass is 32.2. The third-order valence-electron chi connectivity index (χ3n) is 5.95. The molecule has 0 aliphatic carbocycles. The minimum Gasteiger partial charge on any atom is -0.489 e. The van der Waals surface area contributed by atoms with Crippen molar-refractivity contribution in [1.29, 1.82) is 0 Å². The minimum atomic E-state index is -0.521. The normalized spacial score (nSPS) is 14.8. The van der Waals surface area contributed by atoms with Gasteiger partial charge in [0, 0.05) is 17.0 Å². The Labute approximate surface area is 217 Å². The first kappa shape index (κ1) is 25.8. The number of aromatic nitrogens is 3. The number of thioether (sulfide) groups is 1. The summed E-state index contributed by atoms with van der Waals surface area (Å²) < 4.78 is 13.7. The van der Waals surface area contributed by atoms with Gasteiger partial charge in [-0.1, -0.05) is 80.1 Å². The predicted molar refractivity (Wildman–Crippen MR) is 143 cm³/mol. The molecule has 36 heavy (non-hydrogen) atoms. The number of para-hydroxylation sites is 1. The summed E-state index contributed by atoms with van der Waals surface area (Å²) in [5.74, 6) is 1.89. The van der Waals surface area contributed by atoms with Crippen molar-refractivity contribution < 1.29 is 14.3 Å². The first-order valence-corrected chi connectivity index (χ1v) is 13.5. The Hall–Kier alpha value is -3.26. The summed E-state index contributed by atoms with van der Waals surface area (Å²) in [5, 5.41) is 8.76. The average molecular weight is 507 g/mol. The predicted octanol–water partition coefficient (Wildman–Crippen LogP) is 6.30. The van der Waals surface area contributed by atoms with E-state index < -0.39 is 6.04 Å². The lowest BCUT2D eigenvalue weighted by molar-refractivity contribution is -0.139. The Morgan fingerprint density at radius 2 is 1.86 bits per heavy atom. The summed E-state index contributed by atoms with van der Waals surface area (Å²) >= 11 is 1.62. The van der Waals surface area contributed by atoms with Crippen LogP contribution in [0.5, 0.6) is 5.75 Å². The number of hydrogen-bond acceptors (Lipinski definition) is 7. The molecule has 0 fully saturated rings. The summed E-state index contributed by atoms with van der Waals surface area (Å²) in [5.41, 5.74) is 4.34. The van der Waals surface area contributed by atoms with Gasteiger partial charge in [-0.15, -0.1) is 5.10 Å². The first-order chi connectivity index (χ1) is 17.5. The van der Waals surface area contributed by atoms with Crippen LogP contribution in [0.4, 0.5) is 5.95 Å². The summed E-state index contributed by atoms with van der Waals surface area (Å²) in [7, 11) is 0. The van der Waals surface area contributed by atoms with Crippen LogP contribution in [0.15, 0.2) is 65.0 Å². The van der Waals surface area contributed by atoms with Gasteiger partial charge in [0.15, 0.2) is 0 Å². The smallest absolute Gasteiger partial charge is 0.338 e. The summed E-state index contributed by atoms with van der Waals surface area (Å²) in [6.45, 7) is 8.87. The summed E-state index contributed by atoms with van der Waals surface area (Å²) in [6, 6.07) is 15.6. The van der Waals surface area contributed by atoms with E-state index in [0.29, 0.717) is 41.3 Å². The molecule has 1 aliphatic rings. The summed E-state index contributed by atoms with van der Waals surface area (Å²) in [6.07, 6.45) is 2.95. The van der Waals surface area contributed by atoms with E-state index in [1.165, 1.54) is 5.56 Å². The van der Waals surface area contributed by atoms with Crippen molar-refractivity contribution in [2.45, 2.75) is 64.8 Å². The van der Waals surface area contributed by atoms with E-state index in [2.05, 4.69) is 43.4 Å². The molecule has 1 N–H and O–H groups in total. The molecular formula is C28H34N4O3S. The summed E-state index contributed by atoms with van der Waals surface area (Å²) in [4.78, 5) is 18.0. The molecule has 2 aromatic carbocycles. The third-order valence-corrected chi connectivity index (χ3v) is 6.87. The topological polar surface area (TPSA) is 78.3 Å². The highest BCUT2D eigenvalue weighted by Gasteiger charge is 2.36. The average Bonchev–Trinajstić information content (AvgIpc) is 3.28. The van der Waals surface area contributed by atoms with Crippen molar-refractivity contribution in [1.82, 2.24) is 14.8 Å². The largest absolute Gasteiger partial charge is 0.489 e. The van der Waals surface area contributed by atoms with Crippen LogP contribution >= 0.6 is 11.8 Å². The second-order valence-corrected chi connectivity index (χ2v) is 9.94. The molecule has 1 atom stereocenters. The Morgan fingerprint density at radius 3 is 2.61 bits per heavy atom. The van der Waals surface area contributed by atoms with Gasteiger partial charge in [0.2, 0.25) is 11.1 Å². The van der Waals surface area contributed by atoms with Gasteiger partial charge in [-0.05, 0) is 38.3 Å². The number of benzene rings is 2. The van der Waals surface area contributed by atoms with Gasteiger partial charge in [-0.25, -0.2) is 9.48 Å². The molecular weight excluding hydrogens is 472 g/mol. The van der Waals surface area contributed by atoms with Crippen LogP contribution in [-0.2, 0) is 16.1 Å². The molecule has 1 aliphatic heterocycles. The lowest BCUT2D eigenvalue weighted by Gasteiger charge is -2.29. The van der Waals surface area contributed by atoms with Crippen LogP contribution in [0.3, 0.4) is 0 Å². The fraction of sp³-hybridized carbons (Fsp3) is 0.393. The molecule has 0 saturated carbocycles. The standard InChI is InChI=1S/C28H34N4O3S/c1-5-7-17-36-28-30-27-29-20(4)24(26(33)34-16-6-2)25(32(27)31-28)22-10-8-9-11-23(22)35-18-21-14-12-19(3)13-15-21/h8-15,25H,5-7,16-18H2,1-4H3,(H,29,30,31). The monoisotopic (exact) mass is 506 g/mol. The number of unbranched alkanes of at least 4 members (excludes halogenated alkanes) is 1. The van der Waals surface area contributed by atoms with E-state index in [9.17, 15) is 4.79 Å². The number of rotatable bonds is 11. The Morgan fingerprint density at radius 1 is 1.08 bits per heavy atom. The number of allylic oxidation sites excluding steroid dienone is 1. The van der Waals surface area contributed by atoms with Gasteiger partial charge < -0.3 is 14.8 Å². The second kappa shape index (κ2) is 12.1. The number of esters is 1. The number of carbonyl (C=O) groups excluding carboxylic acids is 1. The van der Waals surface area contributed by atoms with Gasteiger partial charge in [0.05, 0.1) is 12.2 Å². The van der Waals surface area contributed by atoms with Crippen molar-refractivity contribution in [3.8, 4) is 5.75 Å². The van der Waals surface area contributed by atoms with Gasteiger partial charge in [-0.2, -0.15) is 4.98 Å². The maximum atomic E-state index is 13.3. The Balaban J connectivity index is 1.72. The Kier molecular flexibility index (Phi) is 8.70. The number of anilines is 1. The fourth-order valence-electron chi connectivity index (χ4n) is 4.01. The van der Waals surface area contributed by atoms with E-state index in [1.54, 1.807) is 16.4 Å². The zero-order valence-corrected chi connectivity index (χ0v) is 22.2. The van der Waals surface area contributed by atoms with Gasteiger partial charge >= 0.3 is 5.97 Å². The Bertz CT molecular complexity index is 1220. The maximum Gasteiger partial charge on any atom is 0.338 e. The molecule has 0 saturated heterocycles. The van der Waals surface area contributed by atoms with E-state index in [0.717, 1.165) is 36.1 Å². The highest BCUT2D eigenvalue weighted by molar-refractivity contribution is 7.99. The fourth-order valence-corrected chi connectivity index (χ4v) is 4.92. The molecule has 0 radical (unpaired) electrons. The number of carbonyl (C=O) groups is 1. The van der Waals surface area contributed by atoms with Crippen molar-refractivity contribution in [3.63, 3.8) is 0 Å². The lowest BCUT2D eigenvalue weighted by Crippen LogP contribution is -2.30. The lowest BCUT2D eigenvalue weighted by atomic mass is 9.95. The molecule has 190 valence electrons. The molecule has 2 heterocycles. The molecule has 0 bridgehead atoms. The van der Waals surface area contributed by atoms with E-state index in [4.69, 9.17) is 19.6 Å².